The summed E-state index contributed by atoms with van der Waals surface area (Å²) in [5.41, 5.74) is 4.96. The van der Waals surface area contributed by atoms with Crippen molar-refractivity contribution in [3.05, 3.63) is 24.3 Å². The van der Waals surface area contributed by atoms with Crippen LogP contribution < -0.4 is 5.73 Å². The zero-order chi connectivity index (χ0) is 22.4. The maximum absolute atomic E-state index is 12.6. The maximum Gasteiger partial charge on any atom is 0.397 e. The summed E-state index contributed by atoms with van der Waals surface area (Å²) in [5, 5.41) is -0.620. The van der Waals surface area contributed by atoms with E-state index in [1.807, 2.05) is 0 Å². The van der Waals surface area contributed by atoms with E-state index >= 15 is 0 Å². The SMILES string of the molecule is Nc1cc2c(S(=O)(=O)CCOS(=O)(=O)O)cc(S(=O)(=O)O)cc2cc1S(=O)(=O)O. The van der Waals surface area contributed by atoms with E-state index in [-0.39, 0.29) is 10.8 Å². The summed E-state index contributed by atoms with van der Waals surface area (Å²) < 4.78 is 123. The van der Waals surface area contributed by atoms with Gasteiger partial charge < -0.3 is 5.73 Å². The molecule has 0 bridgehead atoms. The first-order chi connectivity index (χ1) is 12.9. The second kappa shape index (κ2) is 7.43. The molecule has 2 rings (SSSR count). The van der Waals surface area contributed by atoms with Gasteiger partial charge in [-0.05, 0) is 29.7 Å². The fraction of sp³-hybridized carbons (Fsp3) is 0.167. The van der Waals surface area contributed by atoms with Crippen LogP contribution >= 0.6 is 0 Å². The van der Waals surface area contributed by atoms with Crippen molar-refractivity contribution in [3.8, 4) is 0 Å². The number of fused-ring (bicyclic) bond motifs is 1. The van der Waals surface area contributed by atoms with Gasteiger partial charge in [-0.1, -0.05) is 0 Å². The number of hydrogen-bond acceptors (Lipinski definition) is 10. The Balaban J connectivity index is 2.81. The lowest BCUT2D eigenvalue weighted by molar-refractivity contribution is 0.284. The third-order valence-electron chi connectivity index (χ3n) is 3.51. The van der Waals surface area contributed by atoms with Crippen LogP contribution in [0.4, 0.5) is 5.69 Å². The van der Waals surface area contributed by atoms with E-state index in [0.29, 0.717) is 12.1 Å². The molecule has 13 nitrogen and oxygen atoms in total. The number of benzene rings is 2. The highest BCUT2D eigenvalue weighted by Crippen LogP contribution is 2.33. The zero-order valence-electron chi connectivity index (χ0n) is 13.9. The topological polar surface area (TPSA) is 232 Å². The first-order valence-electron chi connectivity index (χ1n) is 7.09. The average molecular weight is 491 g/mol. The molecule has 17 heteroatoms. The van der Waals surface area contributed by atoms with Gasteiger partial charge in [-0.3, -0.25) is 13.7 Å². The standard InChI is InChI=1S/C12H13NO12S4/c13-10-6-9-7(4-12(10)28(19,20)21)3-8(27(16,17)18)5-11(9)26(14,15)2-1-25-29(22,23)24/h3-6H,1-2,13H2,(H,16,17,18)(H,19,20,21)(H,22,23,24). The zero-order valence-corrected chi connectivity index (χ0v) is 17.2. The van der Waals surface area contributed by atoms with Crippen LogP contribution in [0.1, 0.15) is 0 Å². The molecule has 162 valence electrons. The Kier molecular flexibility index (Phi) is 6.00. The molecule has 0 atom stereocenters. The molecule has 0 saturated heterocycles. The van der Waals surface area contributed by atoms with Gasteiger partial charge in [0, 0.05) is 5.39 Å². The third kappa shape index (κ3) is 5.60. The van der Waals surface area contributed by atoms with Gasteiger partial charge in [0.2, 0.25) is 0 Å². The van der Waals surface area contributed by atoms with Crippen molar-refractivity contribution in [2.75, 3.05) is 18.1 Å². The molecular formula is C12H13NO12S4. The Labute approximate surface area is 165 Å². The monoisotopic (exact) mass is 491 g/mol. The Morgan fingerprint density at radius 1 is 0.793 bits per heavy atom. The number of sulfone groups is 1. The molecule has 0 spiro atoms. The number of anilines is 1. The summed E-state index contributed by atoms with van der Waals surface area (Å²) in [6.45, 7) is -1.03. The molecule has 0 fully saturated rings. The summed E-state index contributed by atoms with van der Waals surface area (Å²) in [5.74, 6) is -1.04. The van der Waals surface area contributed by atoms with Crippen LogP contribution in [0.5, 0.6) is 0 Å². The van der Waals surface area contributed by atoms with Gasteiger partial charge in [-0.15, -0.1) is 0 Å². The summed E-state index contributed by atoms with van der Waals surface area (Å²) in [6.07, 6.45) is 0. The van der Waals surface area contributed by atoms with E-state index in [2.05, 4.69) is 4.18 Å². The third-order valence-corrected chi connectivity index (χ3v) is 7.43. The van der Waals surface area contributed by atoms with E-state index in [0.717, 1.165) is 12.1 Å². The van der Waals surface area contributed by atoms with Crippen LogP contribution in [0.3, 0.4) is 0 Å². The first kappa shape index (κ1) is 23.4. The maximum atomic E-state index is 12.6. The van der Waals surface area contributed by atoms with Gasteiger partial charge in [0.05, 0.1) is 27.8 Å². The predicted molar refractivity (Wildman–Crippen MR) is 97.5 cm³/mol. The molecule has 0 amide bonds. The van der Waals surface area contributed by atoms with Gasteiger partial charge >= 0.3 is 10.4 Å². The van der Waals surface area contributed by atoms with E-state index in [1.165, 1.54) is 0 Å². The molecule has 0 unspecified atom stereocenters. The predicted octanol–water partition coefficient (Wildman–Crippen LogP) is -0.491. The Morgan fingerprint density at radius 3 is 1.86 bits per heavy atom. The van der Waals surface area contributed by atoms with Gasteiger partial charge in [0.15, 0.2) is 9.84 Å². The smallest absolute Gasteiger partial charge is 0.397 e. The summed E-state index contributed by atoms with van der Waals surface area (Å²) in [7, 11) is -19.3. The number of nitrogens with two attached hydrogens (primary N) is 1. The molecule has 0 heterocycles. The molecule has 2 aromatic rings. The van der Waals surface area contributed by atoms with Crippen molar-refractivity contribution in [1.82, 2.24) is 0 Å². The fourth-order valence-electron chi connectivity index (χ4n) is 2.34. The largest absolute Gasteiger partial charge is 0.398 e. The lowest BCUT2D eigenvalue weighted by Gasteiger charge is -2.12. The molecule has 0 aliphatic heterocycles. The Hall–Kier alpha value is -1.86. The highest BCUT2D eigenvalue weighted by atomic mass is 32.3. The minimum absolute atomic E-state index is 0.283. The minimum atomic E-state index is -4.95. The number of hydrogen-bond donors (Lipinski definition) is 4. The summed E-state index contributed by atoms with van der Waals surface area (Å²) in [4.78, 5) is -2.52. The second-order valence-electron chi connectivity index (χ2n) is 5.55. The van der Waals surface area contributed by atoms with Crippen molar-refractivity contribution in [1.29, 1.82) is 0 Å². The van der Waals surface area contributed by atoms with Crippen molar-refractivity contribution in [2.45, 2.75) is 14.7 Å². The number of nitrogen functional groups attached to an aromatic ring is 1. The minimum Gasteiger partial charge on any atom is -0.398 e. The second-order valence-corrected chi connectivity index (χ2v) is 11.5. The lowest BCUT2D eigenvalue weighted by Crippen LogP contribution is -2.16. The van der Waals surface area contributed by atoms with E-state index in [4.69, 9.17) is 10.3 Å². The first-order valence-corrected chi connectivity index (χ1v) is 13.0. The van der Waals surface area contributed by atoms with Gasteiger partial charge in [-0.25, -0.2) is 12.6 Å². The molecule has 0 aliphatic rings. The van der Waals surface area contributed by atoms with Gasteiger partial charge in [-0.2, -0.15) is 25.3 Å². The van der Waals surface area contributed by atoms with Crippen molar-refractivity contribution in [3.63, 3.8) is 0 Å². The van der Waals surface area contributed by atoms with Crippen LogP contribution in [-0.2, 0) is 44.7 Å². The van der Waals surface area contributed by atoms with Crippen LogP contribution in [0.2, 0.25) is 0 Å². The molecule has 2 aromatic carbocycles. The molecule has 5 N–H and O–H groups in total. The Morgan fingerprint density at radius 2 is 1.38 bits per heavy atom. The summed E-state index contributed by atoms with van der Waals surface area (Å²) in [6, 6.07) is 2.82. The molecule has 0 saturated carbocycles. The van der Waals surface area contributed by atoms with Crippen molar-refractivity contribution < 1.29 is 51.5 Å². The van der Waals surface area contributed by atoms with Gasteiger partial charge in [0.25, 0.3) is 20.2 Å². The normalized spacial score (nSPS) is 13.6. The number of rotatable bonds is 7. The van der Waals surface area contributed by atoms with Crippen molar-refractivity contribution in [2.24, 2.45) is 0 Å². The molecule has 29 heavy (non-hydrogen) atoms. The van der Waals surface area contributed by atoms with Crippen molar-refractivity contribution >= 4 is 56.9 Å². The molecule has 0 radical (unpaired) electrons. The van der Waals surface area contributed by atoms with E-state index < -0.39 is 73.2 Å². The van der Waals surface area contributed by atoms with E-state index in [9.17, 15) is 42.8 Å². The lowest BCUT2D eigenvalue weighted by atomic mass is 10.1. The molecule has 0 aliphatic carbocycles. The van der Waals surface area contributed by atoms with Crippen LogP contribution in [-0.4, -0.2) is 59.7 Å². The summed E-state index contributed by atoms with van der Waals surface area (Å²) >= 11 is 0. The van der Waals surface area contributed by atoms with Crippen LogP contribution in [0.25, 0.3) is 10.8 Å². The quantitative estimate of drug-likeness (QED) is 0.283. The van der Waals surface area contributed by atoms with Crippen LogP contribution in [0, 0.1) is 0 Å². The highest BCUT2D eigenvalue weighted by Gasteiger charge is 2.25. The average Bonchev–Trinajstić information content (AvgIpc) is 2.49. The van der Waals surface area contributed by atoms with Crippen LogP contribution in [0.15, 0.2) is 39.0 Å². The molecular weight excluding hydrogens is 478 g/mol. The highest BCUT2D eigenvalue weighted by molar-refractivity contribution is 7.91. The van der Waals surface area contributed by atoms with Gasteiger partial charge in [0.1, 0.15) is 4.90 Å². The fourth-order valence-corrected chi connectivity index (χ4v) is 5.33. The molecule has 0 aromatic heterocycles. The Bertz CT molecular complexity index is 1410. The van der Waals surface area contributed by atoms with E-state index in [1.54, 1.807) is 0 Å².